The minimum Gasteiger partial charge on any atom is -0.356 e. The number of amides is 1. The summed E-state index contributed by atoms with van der Waals surface area (Å²) in [4.78, 5) is 23.0. The molecule has 0 bridgehead atoms. The van der Waals surface area contributed by atoms with Gasteiger partial charge in [-0.25, -0.2) is 0 Å². The minimum absolute atomic E-state index is 0.00800. The first-order valence-electron chi connectivity index (χ1n) is 7.39. The Morgan fingerprint density at radius 2 is 2.00 bits per heavy atom. The summed E-state index contributed by atoms with van der Waals surface area (Å²) in [6.07, 6.45) is 3.37. The average molecular weight is 332 g/mol. The molecule has 2 aromatic rings. The molecule has 1 aromatic heterocycles. The van der Waals surface area contributed by atoms with Crippen molar-refractivity contribution in [3.63, 3.8) is 0 Å². The molecule has 1 heterocycles. The van der Waals surface area contributed by atoms with Crippen LogP contribution in [0.1, 0.15) is 29.3 Å². The summed E-state index contributed by atoms with van der Waals surface area (Å²) in [7, 11) is 1.85. The molecule has 23 heavy (non-hydrogen) atoms. The predicted molar refractivity (Wildman–Crippen MR) is 89.5 cm³/mol. The Kier molecular flexibility index (Phi) is 6.34. The SMILES string of the molecule is CC(=O)NCCCc1ccc(C(=O)CSc2nncn2C)cc1. The quantitative estimate of drug-likeness (QED) is 0.453. The summed E-state index contributed by atoms with van der Waals surface area (Å²) in [5.41, 5.74) is 1.86. The van der Waals surface area contributed by atoms with Crippen LogP contribution in [0, 0.1) is 0 Å². The maximum absolute atomic E-state index is 12.2. The Balaban J connectivity index is 1.80. The third-order valence-electron chi connectivity index (χ3n) is 3.29. The largest absolute Gasteiger partial charge is 0.356 e. The van der Waals surface area contributed by atoms with E-state index in [4.69, 9.17) is 0 Å². The molecule has 122 valence electrons. The number of nitrogens with one attached hydrogen (secondary N) is 1. The first-order chi connectivity index (χ1) is 11.1. The monoisotopic (exact) mass is 332 g/mol. The lowest BCUT2D eigenvalue weighted by atomic mass is 10.1. The molecule has 0 fully saturated rings. The van der Waals surface area contributed by atoms with Gasteiger partial charge in [0.05, 0.1) is 5.75 Å². The standard InChI is InChI=1S/C16H20N4O2S/c1-12(21)17-9-3-4-13-5-7-14(8-6-13)15(22)10-23-16-19-18-11-20(16)2/h5-8,11H,3-4,9-10H2,1-2H3,(H,17,21). The first-order valence-corrected chi connectivity index (χ1v) is 8.38. The van der Waals surface area contributed by atoms with Crippen molar-refractivity contribution in [3.05, 3.63) is 41.7 Å². The van der Waals surface area contributed by atoms with Gasteiger partial charge in [-0.05, 0) is 18.4 Å². The Labute approximate surface area is 139 Å². The molecule has 0 unspecified atom stereocenters. The Hall–Kier alpha value is -2.15. The molecule has 0 aliphatic heterocycles. The van der Waals surface area contributed by atoms with E-state index in [1.54, 1.807) is 10.9 Å². The van der Waals surface area contributed by atoms with Gasteiger partial charge in [0, 0.05) is 26.1 Å². The van der Waals surface area contributed by atoms with E-state index in [-0.39, 0.29) is 11.7 Å². The number of rotatable bonds is 8. The summed E-state index contributed by atoms with van der Waals surface area (Å²) in [5, 5.41) is 11.2. The van der Waals surface area contributed by atoms with Crippen LogP contribution < -0.4 is 5.32 Å². The molecule has 7 heteroatoms. The fraction of sp³-hybridized carbons (Fsp3) is 0.375. The summed E-state index contributed by atoms with van der Waals surface area (Å²) >= 11 is 1.38. The summed E-state index contributed by atoms with van der Waals surface area (Å²) < 4.78 is 1.79. The van der Waals surface area contributed by atoms with Crippen molar-refractivity contribution >= 4 is 23.5 Å². The maximum Gasteiger partial charge on any atom is 0.216 e. The van der Waals surface area contributed by atoms with Gasteiger partial charge >= 0.3 is 0 Å². The normalized spacial score (nSPS) is 10.5. The number of thioether (sulfide) groups is 1. The second kappa shape index (κ2) is 8.47. The molecule has 0 radical (unpaired) electrons. The molecule has 0 atom stereocenters. The number of aromatic nitrogens is 3. The number of ketones is 1. The van der Waals surface area contributed by atoms with E-state index in [1.807, 2.05) is 31.3 Å². The summed E-state index contributed by atoms with van der Waals surface area (Å²) in [6.45, 7) is 2.18. The Morgan fingerprint density at radius 3 is 2.61 bits per heavy atom. The topological polar surface area (TPSA) is 76.9 Å². The molecule has 2 rings (SSSR count). The number of Topliss-reactive ketones (excluding diaryl/α,β-unsaturated/α-hetero) is 1. The second-order valence-corrected chi connectivity index (χ2v) is 6.16. The highest BCUT2D eigenvalue weighted by Gasteiger charge is 2.09. The van der Waals surface area contributed by atoms with Gasteiger partial charge in [0.1, 0.15) is 6.33 Å². The molecular weight excluding hydrogens is 312 g/mol. The molecule has 0 spiro atoms. The smallest absolute Gasteiger partial charge is 0.216 e. The van der Waals surface area contributed by atoms with Gasteiger partial charge < -0.3 is 9.88 Å². The van der Waals surface area contributed by atoms with Gasteiger partial charge in [-0.1, -0.05) is 36.0 Å². The average Bonchev–Trinajstić information content (AvgIpc) is 2.95. The molecular formula is C16H20N4O2S. The highest BCUT2D eigenvalue weighted by Crippen LogP contribution is 2.16. The Bertz CT molecular complexity index is 667. The third kappa shape index (κ3) is 5.52. The second-order valence-electron chi connectivity index (χ2n) is 5.22. The van der Waals surface area contributed by atoms with Crippen molar-refractivity contribution in [1.29, 1.82) is 0 Å². The number of carbonyl (C=O) groups excluding carboxylic acids is 2. The number of benzene rings is 1. The van der Waals surface area contributed by atoms with Gasteiger partial charge in [0.25, 0.3) is 0 Å². The van der Waals surface area contributed by atoms with E-state index in [2.05, 4.69) is 15.5 Å². The molecule has 1 aromatic carbocycles. The number of nitrogens with zero attached hydrogens (tertiary/aromatic N) is 3. The van der Waals surface area contributed by atoms with Crippen molar-refractivity contribution in [3.8, 4) is 0 Å². The van der Waals surface area contributed by atoms with Crippen LogP contribution in [-0.4, -0.2) is 38.8 Å². The highest BCUT2D eigenvalue weighted by atomic mass is 32.2. The molecule has 0 saturated heterocycles. The van der Waals surface area contributed by atoms with Crippen LogP contribution in [0.5, 0.6) is 0 Å². The van der Waals surface area contributed by atoms with Crippen LogP contribution in [0.2, 0.25) is 0 Å². The van der Waals surface area contributed by atoms with E-state index >= 15 is 0 Å². The maximum atomic E-state index is 12.2. The predicted octanol–water partition coefficient (Wildman–Crippen LogP) is 1.86. The zero-order chi connectivity index (χ0) is 16.7. The zero-order valence-electron chi connectivity index (χ0n) is 13.3. The van der Waals surface area contributed by atoms with Crippen molar-refractivity contribution in [2.75, 3.05) is 12.3 Å². The van der Waals surface area contributed by atoms with Crippen LogP contribution >= 0.6 is 11.8 Å². The van der Waals surface area contributed by atoms with Gasteiger partial charge in [-0.15, -0.1) is 10.2 Å². The Morgan fingerprint density at radius 1 is 1.26 bits per heavy atom. The summed E-state index contributed by atoms with van der Waals surface area (Å²) in [5.74, 6) is 0.406. The highest BCUT2D eigenvalue weighted by molar-refractivity contribution is 7.99. The van der Waals surface area contributed by atoms with E-state index < -0.39 is 0 Å². The third-order valence-corrected chi connectivity index (χ3v) is 4.33. The van der Waals surface area contributed by atoms with Crippen LogP contribution in [-0.2, 0) is 18.3 Å². The number of aryl methyl sites for hydroxylation is 2. The van der Waals surface area contributed by atoms with E-state index in [0.717, 1.165) is 23.6 Å². The first kappa shape index (κ1) is 17.2. The van der Waals surface area contributed by atoms with Crippen molar-refractivity contribution in [2.24, 2.45) is 7.05 Å². The van der Waals surface area contributed by atoms with Crippen LogP contribution in [0.25, 0.3) is 0 Å². The number of hydrogen-bond donors (Lipinski definition) is 1. The van der Waals surface area contributed by atoms with Crippen LogP contribution in [0.15, 0.2) is 35.7 Å². The summed E-state index contributed by atoms with van der Waals surface area (Å²) in [6, 6.07) is 7.64. The van der Waals surface area contributed by atoms with Crippen molar-refractivity contribution in [1.82, 2.24) is 20.1 Å². The molecule has 0 aliphatic rings. The zero-order valence-corrected chi connectivity index (χ0v) is 14.1. The van der Waals surface area contributed by atoms with Crippen LogP contribution in [0.4, 0.5) is 0 Å². The van der Waals surface area contributed by atoms with Gasteiger partial charge in [0.15, 0.2) is 10.9 Å². The molecule has 1 amide bonds. The molecule has 0 saturated carbocycles. The van der Waals surface area contributed by atoms with E-state index in [1.165, 1.54) is 18.7 Å². The lowest BCUT2D eigenvalue weighted by Gasteiger charge is -2.05. The lowest BCUT2D eigenvalue weighted by Crippen LogP contribution is -2.21. The molecule has 6 nitrogen and oxygen atoms in total. The van der Waals surface area contributed by atoms with Crippen LogP contribution in [0.3, 0.4) is 0 Å². The van der Waals surface area contributed by atoms with Gasteiger partial charge in [-0.2, -0.15) is 0 Å². The van der Waals surface area contributed by atoms with E-state index in [0.29, 0.717) is 17.9 Å². The van der Waals surface area contributed by atoms with Gasteiger partial charge in [-0.3, -0.25) is 9.59 Å². The molecule has 0 aliphatic carbocycles. The fourth-order valence-corrected chi connectivity index (χ4v) is 2.81. The van der Waals surface area contributed by atoms with Crippen molar-refractivity contribution in [2.45, 2.75) is 24.9 Å². The fourth-order valence-electron chi connectivity index (χ4n) is 2.03. The van der Waals surface area contributed by atoms with Gasteiger partial charge in [0.2, 0.25) is 5.91 Å². The number of hydrogen-bond acceptors (Lipinski definition) is 5. The lowest BCUT2D eigenvalue weighted by molar-refractivity contribution is -0.118. The molecule has 1 N–H and O–H groups in total. The minimum atomic E-state index is -0.00800. The van der Waals surface area contributed by atoms with E-state index in [9.17, 15) is 9.59 Å². The number of carbonyl (C=O) groups is 2. The van der Waals surface area contributed by atoms with Crippen molar-refractivity contribution < 1.29 is 9.59 Å².